The Hall–Kier alpha value is -2.79. The molecule has 0 radical (unpaired) electrons. The average molecular weight is 459 g/mol. The molecule has 0 aliphatic heterocycles. The molecule has 0 atom stereocenters. The second-order valence-electron chi connectivity index (χ2n) is 9.54. The van der Waals surface area contributed by atoms with Crippen LogP contribution < -0.4 is 15.6 Å². The lowest BCUT2D eigenvalue weighted by atomic mass is 9.53. The van der Waals surface area contributed by atoms with Gasteiger partial charge in [-0.2, -0.15) is 0 Å². The van der Waals surface area contributed by atoms with Crippen LogP contribution in [0.3, 0.4) is 0 Å². The SMILES string of the molecule is Cc1ccc(S(=O)(=O)NNc2ncnc(NC34CC5CC(CC(C5)C3)C4)c2[N+](=O)[O-])cc1. The van der Waals surface area contributed by atoms with Gasteiger partial charge in [0, 0.05) is 5.54 Å². The summed E-state index contributed by atoms with van der Waals surface area (Å²) in [6.45, 7) is 1.85. The fraction of sp³-hybridized carbons (Fsp3) is 0.524. The van der Waals surface area contributed by atoms with Crippen molar-refractivity contribution in [3.05, 3.63) is 46.3 Å². The van der Waals surface area contributed by atoms with Gasteiger partial charge in [-0.1, -0.05) is 17.7 Å². The molecule has 10 nitrogen and oxygen atoms in total. The number of nitro groups is 1. The quantitative estimate of drug-likeness (QED) is 0.424. The number of sulfonamides is 1. The molecule has 1 aromatic carbocycles. The molecule has 0 amide bonds. The number of hydrogen-bond acceptors (Lipinski definition) is 8. The van der Waals surface area contributed by atoms with Crippen LogP contribution in [-0.4, -0.2) is 28.8 Å². The molecule has 0 spiro atoms. The van der Waals surface area contributed by atoms with Crippen LogP contribution in [0.1, 0.15) is 44.1 Å². The molecule has 4 fully saturated rings. The van der Waals surface area contributed by atoms with Crippen LogP contribution in [0.15, 0.2) is 35.5 Å². The first kappa shape index (κ1) is 21.1. The lowest BCUT2D eigenvalue weighted by Gasteiger charge is -2.57. The Morgan fingerprint density at radius 2 is 1.56 bits per heavy atom. The number of hydrogen-bond donors (Lipinski definition) is 3. The molecule has 6 rings (SSSR count). The van der Waals surface area contributed by atoms with E-state index < -0.39 is 14.9 Å². The highest BCUT2D eigenvalue weighted by molar-refractivity contribution is 7.89. The fourth-order valence-corrected chi connectivity index (χ4v) is 6.98. The summed E-state index contributed by atoms with van der Waals surface area (Å²) in [7, 11) is -3.94. The van der Waals surface area contributed by atoms with Crippen molar-refractivity contribution in [3.63, 3.8) is 0 Å². The van der Waals surface area contributed by atoms with Gasteiger partial charge in [-0.25, -0.2) is 18.4 Å². The number of benzene rings is 1. The molecule has 4 aliphatic carbocycles. The lowest BCUT2D eigenvalue weighted by molar-refractivity contribution is -0.383. The van der Waals surface area contributed by atoms with E-state index in [1.807, 2.05) is 6.92 Å². The van der Waals surface area contributed by atoms with Crippen molar-refractivity contribution >= 4 is 27.3 Å². The van der Waals surface area contributed by atoms with E-state index in [0.29, 0.717) is 17.8 Å². The van der Waals surface area contributed by atoms with Crippen molar-refractivity contribution in [1.82, 2.24) is 14.8 Å². The van der Waals surface area contributed by atoms with Crippen molar-refractivity contribution in [3.8, 4) is 0 Å². The summed E-state index contributed by atoms with van der Waals surface area (Å²) < 4.78 is 25.2. The maximum Gasteiger partial charge on any atom is 0.354 e. The maximum atomic E-state index is 12.6. The molecule has 11 heteroatoms. The van der Waals surface area contributed by atoms with E-state index in [-0.39, 0.29) is 27.8 Å². The number of aromatic nitrogens is 2. The summed E-state index contributed by atoms with van der Waals surface area (Å²) in [5.41, 5.74) is 2.79. The second-order valence-corrected chi connectivity index (χ2v) is 11.2. The highest BCUT2D eigenvalue weighted by Crippen LogP contribution is 2.57. The Kier molecular flexibility index (Phi) is 5.05. The number of rotatable bonds is 7. The largest absolute Gasteiger partial charge is 0.359 e. The monoisotopic (exact) mass is 458 g/mol. The summed E-state index contributed by atoms with van der Waals surface area (Å²) in [5.74, 6) is 1.91. The van der Waals surface area contributed by atoms with Crippen molar-refractivity contribution in [1.29, 1.82) is 0 Å². The van der Waals surface area contributed by atoms with Crippen LogP contribution in [0.2, 0.25) is 0 Å². The third-order valence-corrected chi connectivity index (χ3v) is 8.33. The summed E-state index contributed by atoms with van der Waals surface area (Å²) >= 11 is 0. The Morgan fingerprint density at radius 3 is 2.12 bits per heavy atom. The van der Waals surface area contributed by atoms with Crippen molar-refractivity contribution in [2.45, 2.75) is 55.9 Å². The Morgan fingerprint density at radius 1 is 1.00 bits per heavy atom. The minimum Gasteiger partial charge on any atom is -0.359 e. The van der Waals surface area contributed by atoms with Gasteiger partial charge in [-0.15, -0.1) is 4.83 Å². The minimum atomic E-state index is -3.94. The molecule has 170 valence electrons. The number of nitrogens with one attached hydrogen (secondary N) is 3. The molecule has 4 saturated carbocycles. The second kappa shape index (κ2) is 7.66. The third-order valence-electron chi connectivity index (χ3n) is 7.06. The lowest BCUT2D eigenvalue weighted by Crippen LogP contribution is -2.55. The molecule has 32 heavy (non-hydrogen) atoms. The van der Waals surface area contributed by atoms with Crippen LogP contribution in [0, 0.1) is 34.8 Å². The van der Waals surface area contributed by atoms with Crippen molar-refractivity contribution < 1.29 is 13.3 Å². The molecule has 1 heterocycles. The van der Waals surface area contributed by atoms with Gasteiger partial charge in [-0.3, -0.25) is 15.5 Å². The van der Waals surface area contributed by atoms with Crippen LogP contribution in [0.25, 0.3) is 0 Å². The summed E-state index contributed by atoms with van der Waals surface area (Å²) in [6, 6.07) is 6.28. The summed E-state index contributed by atoms with van der Waals surface area (Å²) in [4.78, 5) is 21.7. The normalized spacial score (nSPS) is 28.5. The molecule has 4 bridgehead atoms. The predicted molar refractivity (Wildman–Crippen MR) is 118 cm³/mol. The highest BCUT2D eigenvalue weighted by atomic mass is 32.2. The van der Waals surface area contributed by atoms with Crippen LogP contribution in [0.4, 0.5) is 17.3 Å². The summed E-state index contributed by atoms with van der Waals surface area (Å²) in [6.07, 6.45) is 7.93. The molecule has 1 aromatic heterocycles. The first-order chi connectivity index (χ1) is 15.2. The third kappa shape index (κ3) is 3.90. The van der Waals surface area contributed by atoms with Gasteiger partial charge in [0.15, 0.2) is 0 Å². The van der Waals surface area contributed by atoms with Gasteiger partial charge in [0.2, 0.25) is 11.6 Å². The molecule has 3 N–H and O–H groups in total. The van der Waals surface area contributed by atoms with Crippen LogP contribution in [-0.2, 0) is 10.0 Å². The van der Waals surface area contributed by atoms with E-state index in [2.05, 4.69) is 25.5 Å². The molecule has 0 saturated heterocycles. The maximum absolute atomic E-state index is 12.6. The Labute approximate surface area is 186 Å². The molecular weight excluding hydrogens is 432 g/mol. The van der Waals surface area contributed by atoms with E-state index in [1.165, 1.54) is 37.7 Å². The Balaban J connectivity index is 1.39. The molecule has 2 aromatic rings. The van der Waals surface area contributed by atoms with E-state index >= 15 is 0 Å². The number of aryl methyl sites for hydroxylation is 1. The molecule has 0 unspecified atom stereocenters. The fourth-order valence-electron chi connectivity index (χ4n) is 6.14. The van der Waals surface area contributed by atoms with Gasteiger partial charge in [-0.05, 0) is 75.3 Å². The van der Waals surface area contributed by atoms with Crippen LogP contribution >= 0.6 is 0 Å². The molecule has 4 aliphatic rings. The van der Waals surface area contributed by atoms with E-state index in [4.69, 9.17) is 0 Å². The highest BCUT2D eigenvalue weighted by Gasteiger charge is 2.51. The van der Waals surface area contributed by atoms with E-state index in [0.717, 1.165) is 24.8 Å². The number of nitrogens with zero attached hydrogens (tertiary/aromatic N) is 3. The van der Waals surface area contributed by atoms with Crippen molar-refractivity contribution in [2.24, 2.45) is 17.8 Å². The number of anilines is 2. The zero-order valence-corrected chi connectivity index (χ0v) is 18.6. The topological polar surface area (TPSA) is 139 Å². The smallest absolute Gasteiger partial charge is 0.354 e. The van der Waals surface area contributed by atoms with E-state index in [9.17, 15) is 18.5 Å². The predicted octanol–water partition coefficient (Wildman–Crippen LogP) is 3.38. The molecular formula is C21H26N6O4S. The first-order valence-corrected chi connectivity index (χ1v) is 12.3. The first-order valence-electron chi connectivity index (χ1n) is 10.9. The van der Waals surface area contributed by atoms with Gasteiger partial charge in [0.25, 0.3) is 10.0 Å². The van der Waals surface area contributed by atoms with Gasteiger partial charge < -0.3 is 5.32 Å². The zero-order chi connectivity index (χ0) is 22.5. The minimum absolute atomic E-state index is 0.0409. The van der Waals surface area contributed by atoms with Gasteiger partial charge in [0.05, 0.1) is 9.82 Å². The van der Waals surface area contributed by atoms with Crippen molar-refractivity contribution in [2.75, 3.05) is 10.7 Å². The van der Waals surface area contributed by atoms with E-state index in [1.54, 1.807) is 12.1 Å². The van der Waals surface area contributed by atoms with Gasteiger partial charge in [0.1, 0.15) is 6.33 Å². The number of hydrazine groups is 1. The van der Waals surface area contributed by atoms with Gasteiger partial charge >= 0.3 is 5.69 Å². The zero-order valence-electron chi connectivity index (χ0n) is 17.7. The van der Waals surface area contributed by atoms with Crippen LogP contribution in [0.5, 0.6) is 0 Å². The summed E-state index contributed by atoms with van der Waals surface area (Å²) in [5, 5.41) is 15.3. The average Bonchev–Trinajstić information content (AvgIpc) is 2.71. The Bertz CT molecular complexity index is 1120. The standard InChI is InChI=1S/C21H26N6O4S/c1-13-2-4-17(5-3-13)32(30,31)26-25-20-18(27(28)29)19(22-12-23-20)24-21-9-14-6-15(10-21)8-16(7-14)11-21/h2-5,12,14-16,26H,6-11H2,1H3,(H2,22,23,24,25).